The highest BCUT2D eigenvalue weighted by atomic mass is 35.5. The SMILES string of the molecule is COc1cc2c(cc1F)NC(=O)CN2c1cccc(Cl)c1. The number of nitrogens with zero attached hydrogens (tertiary/aromatic N) is 1. The molecule has 4 nitrogen and oxygen atoms in total. The van der Waals surface area contributed by atoms with Gasteiger partial charge in [-0.25, -0.2) is 4.39 Å². The first kappa shape index (κ1) is 13.7. The Bertz CT molecular complexity index is 721. The van der Waals surface area contributed by atoms with Gasteiger partial charge in [-0.05, 0) is 18.2 Å². The molecule has 0 spiro atoms. The Balaban J connectivity index is 2.14. The number of halogens is 2. The van der Waals surface area contributed by atoms with Crippen molar-refractivity contribution in [1.82, 2.24) is 0 Å². The van der Waals surface area contributed by atoms with Crippen LogP contribution in [0, 0.1) is 5.82 Å². The number of anilines is 3. The van der Waals surface area contributed by atoms with Crippen molar-refractivity contribution in [2.45, 2.75) is 0 Å². The fourth-order valence-corrected chi connectivity index (χ4v) is 2.50. The second-order valence-corrected chi connectivity index (χ2v) is 5.05. The summed E-state index contributed by atoms with van der Waals surface area (Å²) in [5.74, 6) is -0.617. The zero-order valence-electron chi connectivity index (χ0n) is 11.2. The number of carbonyl (C=O) groups is 1. The third kappa shape index (κ3) is 2.52. The van der Waals surface area contributed by atoms with Crippen LogP contribution in [0.2, 0.25) is 5.02 Å². The van der Waals surface area contributed by atoms with E-state index in [1.165, 1.54) is 13.2 Å². The van der Waals surface area contributed by atoms with E-state index in [2.05, 4.69) is 5.32 Å². The molecule has 0 atom stereocenters. The van der Waals surface area contributed by atoms with Gasteiger partial charge in [0.05, 0.1) is 18.5 Å². The van der Waals surface area contributed by atoms with E-state index in [0.717, 1.165) is 5.69 Å². The molecule has 3 rings (SSSR count). The van der Waals surface area contributed by atoms with E-state index >= 15 is 0 Å². The maximum Gasteiger partial charge on any atom is 0.244 e. The van der Waals surface area contributed by atoms with E-state index in [-0.39, 0.29) is 18.2 Å². The predicted octanol–water partition coefficient (Wildman–Crippen LogP) is 3.58. The molecule has 1 amide bonds. The Labute approximate surface area is 126 Å². The van der Waals surface area contributed by atoms with Crippen molar-refractivity contribution in [3.8, 4) is 5.75 Å². The molecule has 0 unspecified atom stereocenters. The number of fused-ring (bicyclic) bond motifs is 1. The van der Waals surface area contributed by atoms with Gasteiger partial charge in [0.1, 0.15) is 6.54 Å². The molecule has 1 aliphatic heterocycles. The molecule has 1 aliphatic rings. The van der Waals surface area contributed by atoms with Crippen LogP contribution in [0.1, 0.15) is 0 Å². The summed E-state index contributed by atoms with van der Waals surface area (Å²) in [5, 5.41) is 3.22. The van der Waals surface area contributed by atoms with Gasteiger partial charge in [0, 0.05) is 22.8 Å². The summed E-state index contributed by atoms with van der Waals surface area (Å²) in [7, 11) is 1.40. The van der Waals surface area contributed by atoms with Crippen molar-refractivity contribution in [1.29, 1.82) is 0 Å². The van der Waals surface area contributed by atoms with Crippen LogP contribution in [0.3, 0.4) is 0 Å². The number of ether oxygens (including phenoxy) is 1. The van der Waals surface area contributed by atoms with Gasteiger partial charge in [0.15, 0.2) is 11.6 Å². The molecule has 0 fully saturated rings. The number of rotatable bonds is 2. The average molecular weight is 307 g/mol. The Morgan fingerprint density at radius 3 is 2.86 bits per heavy atom. The molecule has 21 heavy (non-hydrogen) atoms. The molecule has 1 heterocycles. The molecule has 1 N–H and O–H groups in total. The van der Waals surface area contributed by atoms with E-state index in [9.17, 15) is 9.18 Å². The first-order valence-electron chi connectivity index (χ1n) is 6.29. The molecule has 0 saturated heterocycles. The topological polar surface area (TPSA) is 41.6 Å². The van der Waals surface area contributed by atoms with Crippen LogP contribution >= 0.6 is 11.6 Å². The smallest absolute Gasteiger partial charge is 0.244 e. The Morgan fingerprint density at radius 2 is 2.14 bits per heavy atom. The molecule has 0 bridgehead atoms. The quantitative estimate of drug-likeness (QED) is 0.922. The summed E-state index contributed by atoms with van der Waals surface area (Å²) in [4.78, 5) is 13.6. The highest BCUT2D eigenvalue weighted by Crippen LogP contribution is 2.39. The summed E-state index contributed by atoms with van der Waals surface area (Å²) >= 11 is 6.00. The van der Waals surface area contributed by atoms with Gasteiger partial charge in [-0.1, -0.05) is 17.7 Å². The van der Waals surface area contributed by atoms with Gasteiger partial charge in [-0.2, -0.15) is 0 Å². The normalized spacial score (nSPS) is 13.7. The molecule has 0 saturated carbocycles. The molecule has 2 aromatic rings. The van der Waals surface area contributed by atoms with Crippen molar-refractivity contribution < 1.29 is 13.9 Å². The van der Waals surface area contributed by atoms with Gasteiger partial charge >= 0.3 is 0 Å². The van der Waals surface area contributed by atoms with Gasteiger partial charge in [-0.3, -0.25) is 4.79 Å². The fraction of sp³-hybridized carbons (Fsp3) is 0.133. The monoisotopic (exact) mass is 306 g/mol. The molecule has 2 aromatic carbocycles. The lowest BCUT2D eigenvalue weighted by Gasteiger charge is -2.31. The maximum absolute atomic E-state index is 13.8. The van der Waals surface area contributed by atoms with Crippen molar-refractivity contribution >= 4 is 34.6 Å². The largest absolute Gasteiger partial charge is 0.494 e. The zero-order valence-corrected chi connectivity index (χ0v) is 11.9. The van der Waals surface area contributed by atoms with Crippen LogP contribution in [0.15, 0.2) is 36.4 Å². The van der Waals surface area contributed by atoms with Crippen molar-refractivity contribution in [2.24, 2.45) is 0 Å². The van der Waals surface area contributed by atoms with Gasteiger partial charge in [0.2, 0.25) is 5.91 Å². The van der Waals surface area contributed by atoms with Crippen molar-refractivity contribution in [3.63, 3.8) is 0 Å². The van der Waals surface area contributed by atoms with E-state index in [1.807, 2.05) is 6.07 Å². The summed E-state index contributed by atoms with van der Waals surface area (Å²) < 4.78 is 18.8. The minimum absolute atomic E-state index is 0.122. The second kappa shape index (κ2) is 5.26. The second-order valence-electron chi connectivity index (χ2n) is 4.62. The van der Waals surface area contributed by atoms with Crippen LogP contribution in [0.4, 0.5) is 21.5 Å². The maximum atomic E-state index is 13.8. The minimum atomic E-state index is -0.524. The molecule has 6 heteroatoms. The minimum Gasteiger partial charge on any atom is -0.494 e. The van der Waals surface area contributed by atoms with Crippen LogP contribution in [0.25, 0.3) is 0 Å². The highest BCUT2D eigenvalue weighted by molar-refractivity contribution is 6.30. The van der Waals surface area contributed by atoms with Gasteiger partial charge < -0.3 is 15.0 Å². The van der Waals surface area contributed by atoms with Crippen LogP contribution < -0.4 is 15.0 Å². The number of benzene rings is 2. The van der Waals surface area contributed by atoms with Crippen LogP contribution in [-0.2, 0) is 4.79 Å². The molecule has 0 aromatic heterocycles. The summed E-state index contributed by atoms with van der Waals surface area (Å²) in [6.45, 7) is 0.127. The summed E-state index contributed by atoms with van der Waals surface area (Å²) in [6, 6.07) is 9.95. The Kier molecular flexibility index (Phi) is 3.43. The molecule has 0 radical (unpaired) electrons. The summed E-state index contributed by atoms with van der Waals surface area (Å²) in [5.41, 5.74) is 1.83. The van der Waals surface area contributed by atoms with Crippen LogP contribution in [-0.4, -0.2) is 19.6 Å². The van der Waals surface area contributed by atoms with Gasteiger partial charge in [0.25, 0.3) is 0 Å². The third-order valence-electron chi connectivity index (χ3n) is 3.26. The average Bonchev–Trinajstić information content (AvgIpc) is 2.45. The first-order chi connectivity index (χ1) is 10.1. The lowest BCUT2D eigenvalue weighted by atomic mass is 10.1. The van der Waals surface area contributed by atoms with E-state index in [1.54, 1.807) is 29.2 Å². The lowest BCUT2D eigenvalue weighted by molar-refractivity contribution is -0.115. The first-order valence-corrected chi connectivity index (χ1v) is 6.67. The molecular formula is C15H12ClFN2O2. The van der Waals surface area contributed by atoms with Crippen LogP contribution in [0.5, 0.6) is 5.75 Å². The number of methoxy groups -OCH3 is 1. The number of amides is 1. The van der Waals surface area contributed by atoms with Crippen molar-refractivity contribution in [2.75, 3.05) is 23.9 Å². The van der Waals surface area contributed by atoms with E-state index in [0.29, 0.717) is 16.4 Å². The third-order valence-corrected chi connectivity index (χ3v) is 3.49. The van der Waals surface area contributed by atoms with E-state index in [4.69, 9.17) is 16.3 Å². The Morgan fingerprint density at radius 1 is 1.33 bits per heavy atom. The van der Waals surface area contributed by atoms with Gasteiger partial charge in [-0.15, -0.1) is 0 Å². The molecule has 108 valence electrons. The highest BCUT2D eigenvalue weighted by Gasteiger charge is 2.25. The Hall–Kier alpha value is -2.27. The predicted molar refractivity (Wildman–Crippen MR) is 80.0 cm³/mol. The van der Waals surface area contributed by atoms with Crippen molar-refractivity contribution in [3.05, 3.63) is 47.2 Å². The van der Waals surface area contributed by atoms with E-state index < -0.39 is 5.82 Å². The number of hydrogen-bond donors (Lipinski definition) is 1. The number of carbonyl (C=O) groups excluding carboxylic acids is 1. The standard InChI is InChI=1S/C15H12ClFN2O2/c1-21-14-7-13-12(6-11(14)17)18-15(20)8-19(13)10-4-2-3-9(16)5-10/h2-7H,8H2,1H3,(H,18,20). The number of hydrogen-bond acceptors (Lipinski definition) is 3. The fourth-order valence-electron chi connectivity index (χ4n) is 2.32. The molecular weight excluding hydrogens is 295 g/mol. The zero-order chi connectivity index (χ0) is 15.0. The lowest BCUT2D eigenvalue weighted by Crippen LogP contribution is -2.35. The summed E-state index contributed by atoms with van der Waals surface area (Å²) in [6.07, 6.45) is 0. The number of nitrogens with one attached hydrogen (secondary N) is 1. The molecule has 0 aliphatic carbocycles.